The molecule has 0 aliphatic carbocycles. The molecule has 1 amide bonds. The van der Waals surface area contributed by atoms with Crippen LogP contribution in [0.1, 0.15) is 0 Å². The Morgan fingerprint density at radius 3 is 2.88 bits per heavy atom. The molecule has 0 radical (unpaired) electrons. The van der Waals surface area contributed by atoms with Gasteiger partial charge in [-0.25, -0.2) is 4.68 Å². The maximum atomic E-state index is 11.0. The third kappa shape index (κ3) is 1.55. The predicted octanol–water partition coefficient (Wildman–Crippen LogP) is -0.00850. The van der Waals surface area contributed by atoms with Crippen LogP contribution in [0.4, 0.5) is 5.69 Å². The molecule has 0 atom stereocenters. The van der Waals surface area contributed by atoms with Gasteiger partial charge >= 0.3 is 0 Å². The van der Waals surface area contributed by atoms with Gasteiger partial charge in [-0.3, -0.25) is 10.2 Å². The molecule has 5 N–H and O–H groups in total. The highest BCUT2D eigenvalue weighted by Gasteiger charge is 2.11. The van der Waals surface area contributed by atoms with Gasteiger partial charge in [0.25, 0.3) is 5.91 Å². The summed E-state index contributed by atoms with van der Waals surface area (Å²) in [6, 6.07) is 5.16. The van der Waals surface area contributed by atoms with Crippen molar-refractivity contribution >= 4 is 22.4 Å². The Labute approximate surface area is 90.9 Å². The van der Waals surface area contributed by atoms with Crippen molar-refractivity contribution in [2.45, 2.75) is 0 Å². The maximum Gasteiger partial charge on any atom is 0.264 e. The number of fused-ring (bicyclic) bond motifs is 1. The van der Waals surface area contributed by atoms with Gasteiger partial charge in [-0.2, -0.15) is 0 Å². The van der Waals surface area contributed by atoms with E-state index in [9.17, 15) is 9.90 Å². The molecular weight excluding hydrogens is 210 g/mol. The molecule has 84 valence electrons. The summed E-state index contributed by atoms with van der Waals surface area (Å²) in [7, 11) is 0. The lowest BCUT2D eigenvalue weighted by molar-refractivity contribution is -0.119. The van der Waals surface area contributed by atoms with Crippen molar-refractivity contribution in [3.05, 3.63) is 24.4 Å². The lowest BCUT2D eigenvalue weighted by atomic mass is 10.2. The molecule has 16 heavy (non-hydrogen) atoms. The summed E-state index contributed by atoms with van der Waals surface area (Å²) in [5.74, 6) is -0.774. The van der Waals surface area contributed by atoms with Crippen LogP contribution < -0.4 is 11.2 Å². The first-order valence-electron chi connectivity index (χ1n) is 4.62. The zero-order chi connectivity index (χ0) is 11.7. The van der Waals surface area contributed by atoms with Gasteiger partial charge in [0.05, 0.1) is 5.39 Å². The first-order chi connectivity index (χ1) is 7.63. The van der Waals surface area contributed by atoms with Crippen LogP contribution in [0.5, 0.6) is 5.88 Å². The fraction of sp³-hybridized carbons (Fsp3) is 0.100. The number of nitrogens with zero attached hydrogens (tertiary/aromatic N) is 1. The van der Waals surface area contributed by atoms with Crippen LogP contribution in [0, 0.1) is 0 Å². The number of aromatic hydroxyl groups is 1. The molecule has 6 heteroatoms. The predicted molar refractivity (Wildman–Crippen MR) is 59.5 cm³/mol. The summed E-state index contributed by atoms with van der Waals surface area (Å²) in [4.78, 5) is 11.0. The third-order valence-electron chi connectivity index (χ3n) is 2.24. The maximum absolute atomic E-state index is 11.0. The smallest absolute Gasteiger partial charge is 0.264 e. The van der Waals surface area contributed by atoms with E-state index in [4.69, 9.17) is 10.8 Å². The number of amides is 1. The minimum absolute atomic E-state index is 0.157. The number of hydrogen-bond acceptors (Lipinski definition) is 4. The molecule has 1 heterocycles. The molecule has 1 aromatic carbocycles. The zero-order valence-electron chi connectivity index (χ0n) is 8.34. The molecular formula is C10H11N3O3. The monoisotopic (exact) mass is 221 g/mol. The van der Waals surface area contributed by atoms with Gasteiger partial charge in [0, 0.05) is 17.3 Å². The van der Waals surface area contributed by atoms with Crippen molar-refractivity contribution in [1.29, 1.82) is 0 Å². The van der Waals surface area contributed by atoms with E-state index in [1.807, 2.05) is 0 Å². The number of carbonyl (C=O) groups is 1. The SMILES string of the molecule is Nc1cccc2cn(NC(=O)CO)c(O)c12. The molecule has 0 bridgehead atoms. The highest BCUT2D eigenvalue weighted by molar-refractivity contribution is 5.98. The molecule has 6 nitrogen and oxygen atoms in total. The summed E-state index contributed by atoms with van der Waals surface area (Å²) in [6.07, 6.45) is 1.52. The Kier molecular flexibility index (Phi) is 2.41. The number of nitrogen functional groups attached to an aromatic ring is 1. The van der Waals surface area contributed by atoms with Gasteiger partial charge in [-0.15, -0.1) is 0 Å². The number of rotatable bonds is 2. The average molecular weight is 221 g/mol. The van der Waals surface area contributed by atoms with Crippen LogP contribution in [-0.2, 0) is 4.79 Å². The molecule has 0 saturated carbocycles. The van der Waals surface area contributed by atoms with Crippen molar-refractivity contribution < 1.29 is 15.0 Å². The van der Waals surface area contributed by atoms with E-state index in [1.165, 1.54) is 6.20 Å². The van der Waals surface area contributed by atoms with Crippen molar-refractivity contribution in [1.82, 2.24) is 4.68 Å². The number of aliphatic hydroxyl groups is 1. The lowest BCUT2D eigenvalue weighted by Gasteiger charge is -2.05. The minimum atomic E-state index is -0.649. The summed E-state index contributed by atoms with van der Waals surface area (Å²) < 4.78 is 1.12. The van der Waals surface area contributed by atoms with Crippen molar-refractivity contribution in [3.8, 4) is 5.88 Å². The first kappa shape index (κ1) is 10.3. The quantitative estimate of drug-likeness (QED) is 0.536. The Morgan fingerprint density at radius 1 is 1.50 bits per heavy atom. The van der Waals surface area contributed by atoms with Gasteiger partial charge in [0.2, 0.25) is 5.88 Å². The number of hydrogen-bond donors (Lipinski definition) is 4. The number of nitrogens with two attached hydrogens (primary N) is 1. The second kappa shape index (κ2) is 3.74. The molecule has 0 saturated heterocycles. The Bertz CT molecular complexity index is 547. The highest BCUT2D eigenvalue weighted by atomic mass is 16.3. The van der Waals surface area contributed by atoms with Crippen LogP contribution in [-0.4, -0.2) is 27.4 Å². The van der Waals surface area contributed by atoms with E-state index in [0.29, 0.717) is 16.5 Å². The molecule has 0 fully saturated rings. The van der Waals surface area contributed by atoms with E-state index in [2.05, 4.69) is 5.43 Å². The van der Waals surface area contributed by atoms with Gasteiger partial charge in [-0.05, 0) is 6.07 Å². The molecule has 0 aliphatic heterocycles. The summed E-state index contributed by atoms with van der Waals surface area (Å²) in [5.41, 5.74) is 8.42. The Hall–Kier alpha value is -2.21. The highest BCUT2D eigenvalue weighted by Crippen LogP contribution is 2.30. The van der Waals surface area contributed by atoms with Gasteiger partial charge in [0.15, 0.2) is 0 Å². The average Bonchev–Trinajstić information content (AvgIpc) is 2.57. The van der Waals surface area contributed by atoms with Crippen molar-refractivity contribution in [2.75, 3.05) is 17.8 Å². The second-order valence-corrected chi connectivity index (χ2v) is 3.33. The van der Waals surface area contributed by atoms with Crippen LogP contribution in [0.25, 0.3) is 10.8 Å². The number of aliphatic hydroxyl groups excluding tert-OH is 1. The minimum Gasteiger partial charge on any atom is -0.493 e. The molecule has 0 unspecified atom stereocenters. The molecule has 1 aromatic heterocycles. The largest absolute Gasteiger partial charge is 0.493 e. The van der Waals surface area contributed by atoms with Crippen molar-refractivity contribution in [2.24, 2.45) is 0 Å². The van der Waals surface area contributed by atoms with E-state index >= 15 is 0 Å². The third-order valence-corrected chi connectivity index (χ3v) is 2.24. The fourth-order valence-electron chi connectivity index (χ4n) is 1.53. The van der Waals surface area contributed by atoms with Crippen molar-refractivity contribution in [3.63, 3.8) is 0 Å². The standard InChI is InChI=1S/C10H11N3O3/c11-7-3-1-2-6-4-13(10(16)9(6)7)12-8(15)5-14/h1-4,14,16H,5,11H2,(H,12,15). The van der Waals surface area contributed by atoms with Crippen LogP contribution in [0.3, 0.4) is 0 Å². The van der Waals surface area contributed by atoms with Crippen LogP contribution in [0.2, 0.25) is 0 Å². The number of benzene rings is 1. The van der Waals surface area contributed by atoms with Crippen LogP contribution >= 0.6 is 0 Å². The van der Waals surface area contributed by atoms with Crippen LogP contribution in [0.15, 0.2) is 24.4 Å². The Balaban J connectivity index is 2.52. The fourth-order valence-corrected chi connectivity index (χ4v) is 1.53. The normalized spacial score (nSPS) is 10.6. The topological polar surface area (TPSA) is 101 Å². The van der Waals surface area contributed by atoms with E-state index in [1.54, 1.807) is 18.2 Å². The molecule has 2 rings (SSSR count). The van der Waals surface area contributed by atoms with E-state index in [0.717, 1.165) is 4.68 Å². The number of nitrogens with one attached hydrogen (secondary N) is 1. The lowest BCUT2D eigenvalue weighted by Crippen LogP contribution is -2.24. The zero-order valence-corrected chi connectivity index (χ0v) is 8.34. The second-order valence-electron chi connectivity index (χ2n) is 3.33. The molecule has 2 aromatic rings. The van der Waals surface area contributed by atoms with Gasteiger partial charge in [-0.1, -0.05) is 12.1 Å². The summed E-state index contributed by atoms with van der Waals surface area (Å²) in [5, 5.41) is 19.6. The van der Waals surface area contributed by atoms with Gasteiger partial charge < -0.3 is 15.9 Å². The number of carbonyl (C=O) groups excluding carboxylic acids is 1. The molecule has 0 aliphatic rings. The van der Waals surface area contributed by atoms with E-state index < -0.39 is 12.5 Å². The number of anilines is 1. The molecule has 0 spiro atoms. The van der Waals surface area contributed by atoms with Gasteiger partial charge in [0.1, 0.15) is 6.61 Å². The summed E-state index contributed by atoms with van der Waals surface area (Å²) in [6.45, 7) is -0.649. The van der Waals surface area contributed by atoms with E-state index in [-0.39, 0.29) is 5.88 Å². The first-order valence-corrected chi connectivity index (χ1v) is 4.62. The number of aromatic nitrogens is 1. The summed E-state index contributed by atoms with van der Waals surface area (Å²) >= 11 is 0. The Morgan fingerprint density at radius 2 is 2.25 bits per heavy atom.